The van der Waals surface area contributed by atoms with E-state index in [-0.39, 0.29) is 11.1 Å². The fourth-order valence-corrected chi connectivity index (χ4v) is 2.76. The van der Waals surface area contributed by atoms with Crippen LogP contribution in [0.4, 0.5) is 0 Å². The second-order valence-electron chi connectivity index (χ2n) is 5.45. The van der Waals surface area contributed by atoms with Crippen LogP contribution in [0.5, 0.6) is 0 Å². The van der Waals surface area contributed by atoms with Crippen LogP contribution in [-0.2, 0) is 4.74 Å². The lowest BCUT2D eigenvalue weighted by molar-refractivity contribution is -0.0909. The molecule has 0 unspecified atom stereocenters. The molecule has 0 amide bonds. The van der Waals surface area contributed by atoms with Crippen molar-refractivity contribution in [1.82, 2.24) is 19.5 Å². The Kier molecular flexibility index (Phi) is 3.25. The first kappa shape index (κ1) is 14.6. The van der Waals surface area contributed by atoms with Crippen molar-refractivity contribution in [2.45, 2.75) is 31.8 Å². The molecule has 0 aromatic carbocycles. The highest BCUT2D eigenvalue weighted by atomic mass is 16.6. The topological polar surface area (TPSA) is 137 Å². The van der Waals surface area contributed by atoms with Crippen molar-refractivity contribution in [3.8, 4) is 6.07 Å². The van der Waals surface area contributed by atoms with E-state index in [0.29, 0.717) is 11.5 Å². The molecule has 9 nitrogen and oxygen atoms in total. The Bertz CT molecular complexity index is 822. The molecule has 0 spiro atoms. The zero-order chi connectivity index (χ0) is 16.1. The van der Waals surface area contributed by atoms with Crippen LogP contribution in [0.1, 0.15) is 19.0 Å². The summed E-state index contributed by atoms with van der Waals surface area (Å²) in [6.07, 6.45) is -0.557. The SMILES string of the molecule is Cc1nc2c(ncn2[C@@H]2O[C@](C#N)(CO)[C@@H](O)[C@@H]2C)c(=O)[nH]1. The molecule has 2 aromatic heterocycles. The molecule has 116 valence electrons. The van der Waals surface area contributed by atoms with Gasteiger partial charge in [0.25, 0.3) is 5.56 Å². The number of aliphatic hydroxyl groups excluding tert-OH is 2. The Morgan fingerprint density at radius 1 is 1.64 bits per heavy atom. The van der Waals surface area contributed by atoms with E-state index in [1.165, 1.54) is 10.9 Å². The summed E-state index contributed by atoms with van der Waals surface area (Å²) in [5.41, 5.74) is -1.62. The Morgan fingerprint density at radius 2 is 2.36 bits per heavy atom. The number of aromatic amines is 1. The molecule has 0 aliphatic carbocycles. The van der Waals surface area contributed by atoms with Crippen molar-refractivity contribution in [3.05, 3.63) is 22.5 Å². The van der Waals surface area contributed by atoms with Gasteiger partial charge in [0, 0.05) is 5.92 Å². The maximum Gasteiger partial charge on any atom is 0.279 e. The van der Waals surface area contributed by atoms with Crippen molar-refractivity contribution in [2.75, 3.05) is 6.61 Å². The minimum Gasteiger partial charge on any atom is -0.392 e. The number of aryl methyl sites for hydroxylation is 1. The van der Waals surface area contributed by atoms with Crippen LogP contribution in [0.2, 0.25) is 0 Å². The van der Waals surface area contributed by atoms with Gasteiger partial charge in [0.15, 0.2) is 11.2 Å². The molecule has 22 heavy (non-hydrogen) atoms. The lowest BCUT2D eigenvalue weighted by atomic mass is 9.92. The Morgan fingerprint density at radius 3 is 2.95 bits per heavy atom. The molecule has 1 saturated heterocycles. The van der Waals surface area contributed by atoms with E-state index < -0.39 is 30.5 Å². The van der Waals surface area contributed by atoms with Crippen molar-refractivity contribution in [3.63, 3.8) is 0 Å². The predicted octanol–water partition coefficient (Wildman–Crippen LogP) is -0.792. The van der Waals surface area contributed by atoms with E-state index in [9.17, 15) is 20.3 Å². The molecule has 4 atom stereocenters. The average molecular weight is 305 g/mol. The summed E-state index contributed by atoms with van der Waals surface area (Å²) in [6, 6.07) is 1.83. The van der Waals surface area contributed by atoms with Crippen LogP contribution in [0.25, 0.3) is 11.2 Å². The molecule has 1 aliphatic rings. The quantitative estimate of drug-likeness (QED) is 0.661. The third-order valence-electron chi connectivity index (χ3n) is 4.01. The number of ether oxygens (including phenoxy) is 1. The third-order valence-corrected chi connectivity index (χ3v) is 4.01. The van der Waals surface area contributed by atoms with E-state index in [0.717, 1.165) is 0 Å². The monoisotopic (exact) mass is 305 g/mol. The number of nitriles is 1. The summed E-state index contributed by atoms with van der Waals surface area (Å²) >= 11 is 0. The lowest BCUT2D eigenvalue weighted by Gasteiger charge is -2.21. The average Bonchev–Trinajstić information content (AvgIpc) is 3.01. The van der Waals surface area contributed by atoms with E-state index >= 15 is 0 Å². The van der Waals surface area contributed by atoms with Crippen LogP contribution >= 0.6 is 0 Å². The first-order valence-corrected chi connectivity index (χ1v) is 6.75. The molecule has 0 saturated carbocycles. The first-order chi connectivity index (χ1) is 10.4. The number of H-pyrrole nitrogens is 1. The third kappa shape index (κ3) is 1.85. The predicted molar refractivity (Wildman–Crippen MR) is 73.6 cm³/mol. The van der Waals surface area contributed by atoms with Crippen LogP contribution in [0.15, 0.2) is 11.1 Å². The molecule has 3 heterocycles. The van der Waals surface area contributed by atoms with Gasteiger partial charge in [-0.1, -0.05) is 6.92 Å². The fraction of sp³-hybridized carbons (Fsp3) is 0.538. The van der Waals surface area contributed by atoms with E-state index in [2.05, 4.69) is 15.0 Å². The molecule has 9 heteroatoms. The zero-order valence-corrected chi connectivity index (χ0v) is 12.0. The second kappa shape index (κ2) is 4.88. The number of hydrogen-bond donors (Lipinski definition) is 3. The number of hydrogen-bond acceptors (Lipinski definition) is 7. The maximum absolute atomic E-state index is 11.9. The molecule has 0 bridgehead atoms. The van der Waals surface area contributed by atoms with E-state index in [1.54, 1.807) is 13.8 Å². The zero-order valence-electron chi connectivity index (χ0n) is 12.0. The van der Waals surface area contributed by atoms with Gasteiger partial charge in [0.05, 0.1) is 12.9 Å². The van der Waals surface area contributed by atoms with Gasteiger partial charge in [-0.05, 0) is 6.92 Å². The standard InChI is InChI=1S/C13H15N5O4/c1-6-9(20)13(3-14,4-19)22-12(6)18-5-15-8-10(18)16-7(2)17-11(8)21/h5-6,9,12,19-20H,4H2,1-2H3,(H,16,17,21)/t6-,9-,12+,13+/m0/s1. The summed E-state index contributed by atoms with van der Waals surface area (Å²) in [5.74, 6) is -0.0789. The van der Waals surface area contributed by atoms with Crippen molar-refractivity contribution in [2.24, 2.45) is 5.92 Å². The van der Waals surface area contributed by atoms with E-state index in [1.807, 2.05) is 6.07 Å². The fourth-order valence-electron chi connectivity index (χ4n) is 2.76. The van der Waals surface area contributed by atoms with Crippen LogP contribution in [0, 0.1) is 24.2 Å². The summed E-state index contributed by atoms with van der Waals surface area (Å²) in [5, 5.41) is 28.9. The highest BCUT2D eigenvalue weighted by Gasteiger charge is 2.54. The second-order valence-corrected chi connectivity index (χ2v) is 5.45. The highest BCUT2D eigenvalue weighted by Crippen LogP contribution is 2.41. The Balaban J connectivity index is 2.13. The Hall–Kier alpha value is -2.28. The molecule has 0 radical (unpaired) electrons. The minimum atomic E-state index is -1.70. The molecule has 3 N–H and O–H groups in total. The van der Waals surface area contributed by atoms with Gasteiger partial charge in [-0.2, -0.15) is 5.26 Å². The van der Waals surface area contributed by atoms with Crippen molar-refractivity contribution >= 4 is 11.2 Å². The van der Waals surface area contributed by atoms with Crippen LogP contribution in [-0.4, -0.2) is 48.0 Å². The number of nitrogens with one attached hydrogen (secondary N) is 1. The largest absolute Gasteiger partial charge is 0.392 e. The van der Waals surface area contributed by atoms with E-state index in [4.69, 9.17) is 4.74 Å². The highest BCUT2D eigenvalue weighted by molar-refractivity contribution is 5.69. The lowest BCUT2D eigenvalue weighted by Crippen LogP contribution is -2.43. The normalized spacial score (nSPS) is 31.5. The summed E-state index contributed by atoms with van der Waals surface area (Å²) in [7, 11) is 0. The number of rotatable bonds is 2. The van der Waals surface area contributed by atoms with Gasteiger partial charge in [-0.3, -0.25) is 9.36 Å². The molecule has 1 aliphatic heterocycles. The Labute approximate surface area is 124 Å². The molecule has 1 fully saturated rings. The number of aliphatic hydroxyl groups is 2. The van der Waals surface area contributed by atoms with Gasteiger partial charge in [-0.25, -0.2) is 9.97 Å². The van der Waals surface area contributed by atoms with Gasteiger partial charge >= 0.3 is 0 Å². The molecular formula is C13H15N5O4. The minimum absolute atomic E-state index is 0.148. The van der Waals surface area contributed by atoms with Gasteiger partial charge in [0.1, 0.15) is 24.2 Å². The molecule has 2 aromatic rings. The van der Waals surface area contributed by atoms with Gasteiger partial charge in [-0.15, -0.1) is 0 Å². The van der Waals surface area contributed by atoms with Gasteiger partial charge < -0.3 is 19.9 Å². The van der Waals surface area contributed by atoms with Crippen LogP contribution < -0.4 is 5.56 Å². The number of fused-ring (bicyclic) bond motifs is 1. The summed E-state index contributed by atoms with van der Waals surface area (Å²) in [6.45, 7) is 2.69. The van der Waals surface area contributed by atoms with Crippen LogP contribution in [0.3, 0.4) is 0 Å². The number of aromatic nitrogens is 4. The number of imidazole rings is 1. The smallest absolute Gasteiger partial charge is 0.279 e. The molecular weight excluding hydrogens is 290 g/mol. The van der Waals surface area contributed by atoms with Gasteiger partial charge in [0.2, 0.25) is 5.60 Å². The maximum atomic E-state index is 11.9. The number of nitrogens with zero attached hydrogens (tertiary/aromatic N) is 4. The summed E-state index contributed by atoms with van der Waals surface area (Å²) < 4.78 is 7.11. The molecule has 3 rings (SSSR count). The van der Waals surface area contributed by atoms with Crippen molar-refractivity contribution in [1.29, 1.82) is 5.26 Å². The van der Waals surface area contributed by atoms with Crippen molar-refractivity contribution < 1.29 is 14.9 Å². The first-order valence-electron chi connectivity index (χ1n) is 6.75. The summed E-state index contributed by atoms with van der Waals surface area (Å²) in [4.78, 5) is 22.7.